The van der Waals surface area contributed by atoms with Gasteiger partial charge in [-0.05, 0) is 11.8 Å². The molecule has 0 saturated heterocycles. The van der Waals surface area contributed by atoms with Crippen molar-refractivity contribution in [2.24, 2.45) is 5.41 Å². The summed E-state index contributed by atoms with van der Waals surface area (Å²) in [6.07, 6.45) is 1.39. The Bertz CT molecular complexity index is 291. The van der Waals surface area contributed by atoms with E-state index in [-0.39, 0.29) is 11.2 Å². The summed E-state index contributed by atoms with van der Waals surface area (Å²) in [6, 6.07) is 0. The van der Waals surface area contributed by atoms with E-state index in [1.807, 2.05) is 6.92 Å². The number of carbonyl (C=O) groups is 1. The van der Waals surface area contributed by atoms with Crippen LogP contribution in [0.1, 0.15) is 33.6 Å². The molecule has 0 aliphatic heterocycles. The number of Topliss-reactive ketones (excluding diaryl/α,β-unsaturated/α-hetero) is 1. The first-order valence-electron chi connectivity index (χ1n) is 4.07. The molecule has 64 valence electrons. The maximum Gasteiger partial charge on any atom is 0.228 e. The maximum absolute atomic E-state index is 11.4. The summed E-state index contributed by atoms with van der Waals surface area (Å²) in [5.41, 5.74) is 1.37. The van der Waals surface area contributed by atoms with Gasteiger partial charge < -0.3 is 4.79 Å². The Morgan fingerprint density at radius 2 is 2.00 bits per heavy atom. The van der Waals surface area contributed by atoms with Crippen molar-refractivity contribution in [3.05, 3.63) is 22.7 Å². The minimum atomic E-state index is 0.0127. The van der Waals surface area contributed by atoms with Crippen LogP contribution in [0.4, 0.5) is 0 Å². The third kappa shape index (κ3) is 1.55. The quantitative estimate of drug-likeness (QED) is 0.503. The Morgan fingerprint density at radius 3 is 2.42 bits per heavy atom. The molecule has 0 atom stereocenters. The SMILES string of the molecule is [C-]#[N+]C1=C(C)CC(C)(C)CC1=O. The fourth-order valence-corrected chi connectivity index (χ4v) is 1.78. The third-order valence-electron chi connectivity index (χ3n) is 2.16. The van der Waals surface area contributed by atoms with Crippen molar-refractivity contribution in [3.63, 3.8) is 0 Å². The van der Waals surface area contributed by atoms with Crippen molar-refractivity contribution in [2.45, 2.75) is 33.6 Å². The van der Waals surface area contributed by atoms with E-state index in [4.69, 9.17) is 6.57 Å². The van der Waals surface area contributed by atoms with Gasteiger partial charge in [0.2, 0.25) is 5.70 Å². The molecule has 0 amide bonds. The van der Waals surface area contributed by atoms with Crippen molar-refractivity contribution < 1.29 is 4.79 Å². The number of allylic oxidation sites excluding steroid dienone is 2. The minimum absolute atomic E-state index is 0.0127. The first-order chi connectivity index (χ1) is 5.46. The van der Waals surface area contributed by atoms with Crippen LogP contribution in [-0.4, -0.2) is 5.78 Å². The zero-order chi connectivity index (χ0) is 9.35. The molecule has 12 heavy (non-hydrogen) atoms. The molecule has 1 aliphatic rings. The van der Waals surface area contributed by atoms with Gasteiger partial charge in [0.25, 0.3) is 0 Å². The standard InChI is InChI=1S/C10H13NO/c1-7-5-10(2,3)6-8(12)9(7)11-4/h5-6H2,1-3H3. The first kappa shape index (κ1) is 8.99. The van der Waals surface area contributed by atoms with Gasteiger partial charge in [-0.3, -0.25) is 0 Å². The highest BCUT2D eigenvalue weighted by molar-refractivity contribution is 5.99. The van der Waals surface area contributed by atoms with Gasteiger partial charge in [-0.15, -0.1) is 0 Å². The molecule has 0 aromatic carbocycles. The van der Waals surface area contributed by atoms with Crippen LogP contribution >= 0.6 is 0 Å². The Kier molecular flexibility index (Phi) is 2.06. The van der Waals surface area contributed by atoms with Gasteiger partial charge in [-0.25, -0.2) is 4.85 Å². The van der Waals surface area contributed by atoms with E-state index in [1.54, 1.807) is 0 Å². The lowest BCUT2D eigenvalue weighted by Gasteiger charge is -2.28. The van der Waals surface area contributed by atoms with E-state index in [0.29, 0.717) is 12.1 Å². The van der Waals surface area contributed by atoms with E-state index < -0.39 is 0 Å². The van der Waals surface area contributed by atoms with Gasteiger partial charge in [0.05, 0.1) is 6.57 Å². The minimum Gasteiger partial charge on any atom is -0.308 e. The molecule has 0 bridgehead atoms. The lowest BCUT2D eigenvalue weighted by atomic mass is 9.76. The Labute approximate surface area is 73.1 Å². The summed E-state index contributed by atoms with van der Waals surface area (Å²) in [4.78, 5) is 14.6. The molecule has 0 aromatic heterocycles. The van der Waals surface area contributed by atoms with Crippen LogP contribution in [-0.2, 0) is 4.79 Å². The second-order valence-electron chi connectivity index (χ2n) is 4.18. The van der Waals surface area contributed by atoms with E-state index in [1.165, 1.54) is 0 Å². The fourth-order valence-electron chi connectivity index (χ4n) is 1.78. The van der Waals surface area contributed by atoms with Crippen LogP contribution in [0.3, 0.4) is 0 Å². The van der Waals surface area contributed by atoms with Crippen LogP contribution < -0.4 is 0 Å². The number of nitrogens with zero attached hydrogens (tertiary/aromatic N) is 1. The molecule has 0 fully saturated rings. The molecule has 1 aliphatic carbocycles. The van der Waals surface area contributed by atoms with E-state index >= 15 is 0 Å². The molecule has 0 heterocycles. The van der Waals surface area contributed by atoms with Gasteiger partial charge in [-0.2, -0.15) is 0 Å². The van der Waals surface area contributed by atoms with Crippen molar-refractivity contribution >= 4 is 5.78 Å². The molecule has 0 radical (unpaired) electrons. The maximum atomic E-state index is 11.4. The molecule has 1 rings (SSSR count). The zero-order valence-corrected chi connectivity index (χ0v) is 7.77. The van der Waals surface area contributed by atoms with Gasteiger partial charge in [0.1, 0.15) is 0 Å². The number of carbonyl (C=O) groups excluding carboxylic acids is 1. The average Bonchev–Trinajstić information content (AvgIpc) is 1.82. The molecule has 2 heteroatoms. The lowest BCUT2D eigenvalue weighted by molar-refractivity contribution is -0.117. The second-order valence-corrected chi connectivity index (χ2v) is 4.18. The van der Waals surface area contributed by atoms with Gasteiger partial charge in [0.15, 0.2) is 5.78 Å². The number of hydrogen-bond donors (Lipinski definition) is 0. The van der Waals surface area contributed by atoms with Crippen LogP contribution in [0.5, 0.6) is 0 Å². The average molecular weight is 163 g/mol. The summed E-state index contributed by atoms with van der Waals surface area (Å²) in [7, 11) is 0. The Balaban J connectivity index is 3.05. The summed E-state index contributed by atoms with van der Waals surface area (Å²) in [5.74, 6) is 0.0127. The summed E-state index contributed by atoms with van der Waals surface area (Å²) in [5, 5.41) is 0. The second kappa shape index (κ2) is 2.75. The normalized spacial score (nSPS) is 22.3. The van der Waals surface area contributed by atoms with Gasteiger partial charge >= 0.3 is 0 Å². The van der Waals surface area contributed by atoms with Crippen molar-refractivity contribution in [1.29, 1.82) is 0 Å². The Morgan fingerprint density at radius 1 is 1.42 bits per heavy atom. The first-order valence-corrected chi connectivity index (χ1v) is 4.07. The smallest absolute Gasteiger partial charge is 0.228 e. The molecule has 0 spiro atoms. The number of hydrogen-bond acceptors (Lipinski definition) is 1. The van der Waals surface area contributed by atoms with Crippen LogP contribution in [0, 0.1) is 12.0 Å². The highest BCUT2D eigenvalue weighted by Gasteiger charge is 2.31. The summed E-state index contributed by atoms with van der Waals surface area (Å²) < 4.78 is 0. The number of ketones is 1. The summed E-state index contributed by atoms with van der Waals surface area (Å²) >= 11 is 0. The van der Waals surface area contributed by atoms with Gasteiger partial charge in [0, 0.05) is 6.42 Å². The lowest BCUT2D eigenvalue weighted by Crippen LogP contribution is -2.23. The molecular formula is C10H13NO. The molecular weight excluding hydrogens is 150 g/mol. The highest BCUT2D eigenvalue weighted by atomic mass is 16.1. The molecule has 2 nitrogen and oxygen atoms in total. The predicted molar refractivity (Wildman–Crippen MR) is 47.3 cm³/mol. The van der Waals surface area contributed by atoms with Gasteiger partial charge in [-0.1, -0.05) is 26.3 Å². The topological polar surface area (TPSA) is 21.4 Å². The van der Waals surface area contributed by atoms with Crippen molar-refractivity contribution in [2.75, 3.05) is 0 Å². The molecule has 0 aromatic rings. The van der Waals surface area contributed by atoms with E-state index in [9.17, 15) is 4.79 Å². The van der Waals surface area contributed by atoms with E-state index in [0.717, 1.165) is 12.0 Å². The molecule has 0 unspecified atom stereocenters. The fraction of sp³-hybridized carbons (Fsp3) is 0.600. The zero-order valence-electron chi connectivity index (χ0n) is 7.77. The van der Waals surface area contributed by atoms with Crippen LogP contribution in [0.2, 0.25) is 0 Å². The van der Waals surface area contributed by atoms with Crippen LogP contribution in [0.15, 0.2) is 11.3 Å². The third-order valence-corrected chi connectivity index (χ3v) is 2.16. The molecule has 0 saturated carbocycles. The summed E-state index contributed by atoms with van der Waals surface area (Å²) in [6.45, 7) is 12.8. The van der Waals surface area contributed by atoms with E-state index in [2.05, 4.69) is 18.7 Å². The largest absolute Gasteiger partial charge is 0.308 e. The van der Waals surface area contributed by atoms with Crippen LogP contribution in [0.25, 0.3) is 4.85 Å². The number of rotatable bonds is 0. The molecule has 0 N–H and O–H groups in total. The van der Waals surface area contributed by atoms with Crippen molar-refractivity contribution in [3.8, 4) is 0 Å². The highest BCUT2D eigenvalue weighted by Crippen LogP contribution is 2.36. The predicted octanol–water partition coefficient (Wildman–Crippen LogP) is 2.57. The van der Waals surface area contributed by atoms with Crippen molar-refractivity contribution in [1.82, 2.24) is 0 Å². The Hall–Kier alpha value is -1.10. The monoisotopic (exact) mass is 163 g/mol.